The van der Waals surface area contributed by atoms with E-state index in [0.29, 0.717) is 11.8 Å². The zero-order chi connectivity index (χ0) is 17.6. The van der Waals surface area contributed by atoms with Gasteiger partial charge in [-0.2, -0.15) is 3.84 Å². The fourth-order valence-corrected chi connectivity index (χ4v) is 3.46. The average molecular weight is 357 g/mol. The molecule has 0 amide bonds. The van der Waals surface area contributed by atoms with Crippen molar-refractivity contribution in [3.63, 3.8) is 0 Å². The van der Waals surface area contributed by atoms with Crippen LogP contribution in [0.1, 0.15) is 39.7 Å². The van der Waals surface area contributed by atoms with Crippen molar-refractivity contribution in [1.29, 1.82) is 0 Å². The van der Waals surface area contributed by atoms with E-state index >= 15 is 0 Å². The van der Waals surface area contributed by atoms with Crippen LogP contribution in [0, 0.1) is 17.3 Å². The Morgan fingerprint density at radius 2 is 1.43 bits per heavy atom. The van der Waals surface area contributed by atoms with E-state index in [1.807, 2.05) is 12.1 Å². The Hall–Kier alpha value is -1.16. The molecule has 0 spiro atoms. The number of nitrogens with two attached hydrogens (primary N) is 2. The monoisotopic (exact) mass is 356 g/mol. The number of hydrogen-bond donors (Lipinski definition) is 2. The first kappa shape index (κ1) is 19.9. The van der Waals surface area contributed by atoms with Crippen LogP contribution in [-0.4, -0.2) is 0 Å². The lowest BCUT2D eigenvalue weighted by molar-refractivity contribution is 0.164. The van der Waals surface area contributed by atoms with Crippen molar-refractivity contribution in [1.82, 2.24) is 0 Å². The normalized spacial score (nSPS) is 16.5. The van der Waals surface area contributed by atoms with Crippen molar-refractivity contribution in [2.45, 2.75) is 34.1 Å². The Labute approximate surface area is 149 Å². The first-order valence-electron chi connectivity index (χ1n) is 7.71. The van der Waals surface area contributed by atoms with Gasteiger partial charge in [0.1, 0.15) is 0 Å². The lowest BCUT2D eigenvalue weighted by Gasteiger charge is -2.44. The maximum absolute atomic E-state index is 6.38. The molecule has 5 heteroatoms. The molecule has 0 bridgehead atoms. The van der Waals surface area contributed by atoms with E-state index in [9.17, 15) is 0 Å². The molecule has 128 valence electrons. The van der Waals surface area contributed by atoms with Crippen LogP contribution < -0.4 is 11.5 Å². The van der Waals surface area contributed by atoms with Crippen molar-refractivity contribution in [2.24, 2.45) is 23.0 Å². The Morgan fingerprint density at radius 1 is 0.957 bits per heavy atom. The number of halogens is 2. The molecule has 23 heavy (non-hydrogen) atoms. The quantitative estimate of drug-likeness (QED) is 0.702. The summed E-state index contributed by atoms with van der Waals surface area (Å²) in [6.45, 7) is 9.08. The lowest BCUT2D eigenvalue weighted by Crippen LogP contribution is -2.40. The Morgan fingerprint density at radius 3 is 1.87 bits per heavy atom. The number of benzene rings is 1. The van der Waals surface area contributed by atoms with Crippen LogP contribution in [0.3, 0.4) is 0 Å². The summed E-state index contributed by atoms with van der Waals surface area (Å²) in [7, 11) is 0. The van der Waals surface area contributed by atoms with Crippen molar-refractivity contribution in [3.8, 4) is 0 Å². The van der Waals surface area contributed by atoms with Gasteiger partial charge in [-0.3, -0.25) is 0 Å². The molecule has 1 aromatic rings. The largest absolute Gasteiger partial charge is 0.402 e. The second-order valence-corrected chi connectivity index (χ2v) is 6.99. The van der Waals surface area contributed by atoms with Gasteiger partial charge in [0.25, 0.3) is 0 Å². The fourth-order valence-electron chi connectivity index (χ4n) is 3.46. The second-order valence-electron chi connectivity index (χ2n) is 6.52. The van der Waals surface area contributed by atoms with E-state index < -0.39 is 0 Å². The summed E-state index contributed by atoms with van der Waals surface area (Å²) in [5, 5.41) is 0. The van der Waals surface area contributed by atoms with Gasteiger partial charge in [0.05, 0.1) is 23.7 Å². The third-order valence-corrected chi connectivity index (χ3v) is 4.83. The van der Waals surface area contributed by atoms with Gasteiger partial charge in [0.2, 0.25) is 0 Å². The molecule has 0 unspecified atom stereocenters. The number of nitrogen functional groups attached to an aromatic ring is 1. The molecule has 1 aliphatic carbocycles. The highest BCUT2D eigenvalue weighted by Gasteiger charge is 2.41. The maximum atomic E-state index is 6.38. The number of rotatable bonds is 3. The van der Waals surface area contributed by atoms with Crippen LogP contribution >= 0.6 is 23.7 Å². The van der Waals surface area contributed by atoms with E-state index in [4.69, 9.17) is 11.5 Å². The first-order valence-corrected chi connectivity index (χ1v) is 8.33. The lowest BCUT2D eigenvalue weighted by atomic mass is 9.61. The van der Waals surface area contributed by atoms with Crippen LogP contribution in [0.25, 0.3) is 5.57 Å². The van der Waals surface area contributed by atoms with Gasteiger partial charge in [-0.05, 0) is 47.6 Å². The van der Waals surface area contributed by atoms with Gasteiger partial charge >= 0.3 is 0 Å². The molecule has 0 heterocycles. The summed E-state index contributed by atoms with van der Waals surface area (Å²) < 4.78 is 3.19. The standard InChI is InChI=1S/C18H26N2.Cl2O/c1-12(2)18(13(3)4)11-15(7-10-17(18)20)14-5-8-16(19)9-6-14;1-3-2/h5-10,12-13H,11,19-20H2,1-4H3;. The third kappa shape index (κ3) is 4.43. The van der Waals surface area contributed by atoms with E-state index in [0.717, 1.165) is 17.8 Å². The molecule has 4 N–H and O–H groups in total. The molecule has 2 rings (SSSR count). The zero-order valence-corrected chi connectivity index (χ0v) is 15.7. The van der Waals surface area contributed by atoms with E-state index in [-0.39, 0.29) is 5.41 Å². The van der Waals surface area contributed by atoms with E-state index in [1.54, 1.807) is 0 Å². The third-order valence-electron chi connectivity index (χ3n) is 4.83. The van der Waals surface area contributed by atoms with Crippen LogP contribution in [0.5, 0.6) is 0 Å². The molecule has 3 nitrogen and oxygen atoms in total. The van der Waals surface area contributed by atoms with E-state index in [1.165, 1.54) is 11.1 Å². The molecular weight excluding hydrogens is 331 g/mol. The highest BCUT2D eigenvalue weighted by Crippen LogP contribution is 2.49. The average Bonchev–Trinajstić information content (AvgIpc) is 2.49. The van der Waals surface area contributed by atoms with Gasteiger partial charge < -0.3 is 11.5 Å². The van der Waals surface area contributed by atoms with Gasteiger partial charge in [0.15, 0.2) is 0 Å². The fraction of sp³-hybridized carbons (Fsp3) is 0.444. The maximum Gasteiger partial charge on any atom is 0.0832 e. The molecular formula is C18H26Cl2N2O. The summed E-state index contributed by atoms with van der Waals surface area (Å²) in [5.41, 5.74) is 16.6. The molecule has 1 aliphatic rings. The topological polar surface area (TPSA) is 61.3 Å². The van der Waals surface area contributed by atoms with Crippen molar-refractivity contribution < 1.29 is 3.84 Å². The molecule has 0 radical (unpaired) electrons. The molecule has 0 fully saturated rings. The minimum Gasteiger partial charge on any atom is -0.402 e. The molecule has 0 atom stereocenters. The molecule has 1 aromatic carbocycles. The van der Waals surface area contributed by atoms with Crippen LogP contribution in [0.2, 0.25) is 0 Å². The van der Waals surface area contributed by atoms with Gasteiger partial charge in [-0.15, -0.1) is 0 Å². The van der Waals surface area contributed by atoms with Crippen LogP contribution in [0.15, 0.2) is 42.1 Å². The summed E-state index contributed by atoms with van der Waals surface area (Å²) in [4.78, 5) is 0. The first-order chi connectivity index (χ1) is 10.8. The minimum atomic E-state index is 0.0471. The Kier molecular flexibility index (Phi) is 7.46. The molecule has 0 saturated heterocycles. The zero-order valence-electron chi connectivity index (χ0n) is 14.1. The second kappa shape index (κ2) is 8.62. The minimum absolute atomic E-state index is 0.0471. The predicted molar refractivity (Wildman–Crippen MR) is 101 cm³/mol. The summed E-state index contributed by atoms with van der Waals surface area (Å²) >= 11 is 8.53. The van der Waals surface area contributed by atoms with Crippen LogP contribution in [-0.2, 0) is 3.84 Å². The molecule has 0 saturated carbocycles. The number of hydrogen-bond acceptors (Lipinski definition) is 3. The highest BCUT2D eigenvalue weighted by molar-refractivity contribution is 6.24. The van der Waals surface area contributed by atoms with Crippen molar-refractivity contribution in [3.05, 3.63) is 47.7 Å². The van der Waals surface area contributed by atoms with E-state index in [2.05, 4.69) is 79.6 Å². The SMILES string of the molecule is CC(C)C1(C(C)C)CC(c2ccc(N)cc2)=CC=C1N.ClOCl. The van der Waals surface area contributed by atoms with Gasteiger partial charge in [-0.25, -0.2) is 0 Å². The number of allylic oxidation sites excluding steroid dienone is 4. The van der Waals surface area contributed by atoms with Gasteiger partial charge in [-0.1, -0.05) is 45.9 Å². The summed E-state index contributed by atoms with van der Waals surface area (Å²) in [6.07, 6.45) is 5.24. The summed E-state index contributed by atoms with van der Waals surface area (Å²) in [6, 6.07) is 8.12. The molecule has 0 aromatic heterocycles. The smallest absolute Gasteiger partial charge is 0.0832 e. The highest BCUT2D eigenvalue weighted by atomic mass is 35.6. The molecule has 0 aliphatic heterocycles. The van der Waals surface area contributed by atoms with Crippen molar-refractivity contribution >= 4 is 35.0 Å². The Balaban J connectivity index is 0.000000816. The number of anilines is 1. The predicted octanol–water partition coefficient (Wildman–Crippen LogP) is 5.51. The van der Waals surface area contributed by atoms with Crippen molar-refractivity contribution in [2.75, 3.05) is 5.73 Å². The summed E-state index contributed by atoms with van der Waals surface area (Å²) in [5.74, 6) is 1.02. The van der Waals surface area contributed by atoms with Gasteiger partial charge in [0, 0.05) is 16.8 Å². The van der Waals surface area contributed by atoms with Crippen LogP contribution in [0.4, 0.5) is 5.69 Å². The Bertz CT molecular complexity index is 555.